The summed E-state index contributed by atoms with van der Waals surface area (Å²) in [5, 5.41) is 2.30. The SMILES string of the molecule is COc1ccc(S(=O)(=O)Nc2nccc(OCCOC(=O)Nc3ccccc3F)c2Oc2ccccc2OC)cc1OCC(=O)N1CCCCC1. The minimum Gasteiger partial charge on any atom is -0.493 e. The van der Waals surface area contributed by atoms with Gasteiger partial charge in [0.05, 0.1) is 24.8 Å². The number of methoxy groups -OCH3 is 2. The zero-order valence-corrected chi connectivity index (χ0v) is 28.7. The summed E-state index contributed by atoms with van der Waals surface area (Å²) in [6.45, 7) is 0.542. The van der Waals surface area contributed by atoms with Crippen LogP contribution in [0.4, 0.5) is 20.7 Å². The van der Waals surface area contributed by atoms with E-state index in [0.29, 0.717) is 18.8 Å². The molecule has 2 N–H and O–H groups in total. The molecule has 1 fully saturated rings. The molecule has 16 heteroatoms. The van der Waals surface area contributed by atoms with Gasteiger partial charge in [0.2, 0.25) is 5.75 Å². The standard InChI is InChI=1S/C35H37FN4O10S/c1-45-27-12-6-7-13-29(27)50-33-30(47-20-21-48-35(42)38-26-11-5-4-10-25(26)36)16-17-37-34(33)39-51(43,44)24-14-15-28(46-2)31(22-24)49-23-32(41)40-18-8-3-9-19-40/h4-7,10-17,22H,3,8-9,18-21,23H2,1-2H3,(H,37,39)(H,38,42). The second kappa shape index (κ2) is 17.2. The van der Waals surface area contributed by atoms with Gasteiger partial charge in [0, 0.05) is 31.4 Å². The molecule has 0 bridgehead atoms. The molecule has 1 aromatic heterocycles. The molecule has 0 spiro atoms. The van der Waals surface area contributed by atoms with Crippen LogP contribution in [0.25, 0.3) is 0 Å². The number of anilines is 2. The quantitative estimate of drug-likeness (QED) is 0.141. The Balaban J connectivity index is 1.34. The van der Waals surface area contributed by atoms with E-state index in [2.05, 4.69) is 15.0 Å². The lowest BCUT2D eigenvalue weighted by molar-refractivity contribution is -0.134. The molecule has 1 aliphatic heterocycles. The Kier molecular flexibility index (Phi) is 12.3. The summed E-state index contributed by atoms with van der Waals surface area (Å²) in [4.78, 5) is 30.6. The van der Waals surface area contributed by atoms with E-state index < -0.39 is 21.9 Å². The van der Waals surface area contributed by atoms with Gasteiger partial charge < -0.3 is 33.3 Å². The predicted octanol–water partition coefficient (Wildman–Crippen LogP) is 5.85. The number of hydrogen-bond donors (Lipinski definition) is 2. The molecule has 1 aliphatic rings. The van der Waals surface area contributed by atoms with Crippen LogP contribution in [0.15, 0.2) is 83.9 Å². The van der Waals surface area contributed by atoms with E-state index in [0.717, 1.165) is 19.3 Å². The number of amides is 2. The Hall–Kier alpha value is -5.77. The van der Waals surface area contributed by atoms with E-state index in [-0.39, 0.29) is 70.9 Å². The first kappa shape index (κ1) is 36.5. The van der Waals surface area contributed by atoms with Crippen LogP contribution >= 0.6 is 0 Å². The van der Waals surface area contributed by atoms with E-state index in [9.17, 15) is 22.4 Å². The van der Waals surface area contributed by atoms with Gasteiger partial charge in [-0.2, -0.15) is 0 Å². The lowest BCUT2D eigenvalue weighted by atomic mass is 10.1. The van der Waals surface area contributed by atoms with Crippen LogP contribution in [0, 0.1) is 5.82 Å². The number of nitrogens with one attached hydrogen (secondary N) is 2. The topological polar surface area (TPSA) is 164 Å². The average molecular weight is 725 g/mol. The van der Waals surface area contributed by atoms with Crippen molar-refractivity contribution in [3.8, 4) is 34.5 Å². The molecular weight excluding hydrogens is 687 g/mol. The van der Waals surface area contributed by atoms with Gasteiger partial charge >= 0.3 is 6.09 Å². The Morgan fingerprint density at radius 1 is 0.824 bits per heavy atom. The first-order valence-corrected chi connectivity index (χ1v) is 17.4. The predicted molar refractivity (Wildman–Crippen MR) is 184 cm³/mol. The first-order chi connectivity index (χ1) is 24.7. The molecule has 0 atom stereocenters. The van der Waals surface area contributed by atoms with Crippen LogP contribution < -0.4 is 33.7 Å². The zero-order valence-electron chi connectivity index (χ0n) is 27.9. The molecule has 2 heterocycles. The fourth-order valence-corrected chi connectivity index (χ4v) is 6.05. The number of benzene rings is 3. The molecule has 1 saturated heterocycles. The molecule has 0 radical (unpaired) electrons. The smallest absolute Gasteiger partial charge is 0.411 e. The van der Waals surface area contributed by atoms with E-state index in [1.807, 2.05) is 0 Å². The highest BCUT2D eigenvalue weighted by molar-refractivity contribution is 7.92. The molecule has 2 amide bonds. The number of carbonyl (C=O) groups is 2. The molecule has 4 aromatic rings. The first-order valence-electron chi connectivity index (χ1n) is 15.9. The lowest BCUT2D eigenvalue weighted by Gasteiger charge is -2.26. The summed E-state index contributed by atoms with van der Waals surface area (Å²) in [5.41, 5.74) is -0.0524. The Bertz CT molecular complexity index is 1940. The number of piperidine rings is 1. The Labute approximate surface area is 294 Å². The number of hydrogen-bond acceptors (Lipinski definition) is 11. The van der Waals surface area contributed by atoms with Crippen LogP contribution in [-0.2, 0) is 19.6 Å². The van der Waals surface area contributed by atoms with Crippen molar-refractivity contribution in [1.29, 1.82) is 0 Å². The van der Waals surface area contributed by atoms with Gasteiger partial charge in [-0.25, -0.2) is 22.6 Å². The van der Waals surface area contributed by atoms with Gasteiger partial charge in [0.1, 0.15) is 19.0 Å². The number of rotatable bonds is 15. The van der Waals surface area contributed by atoms with Gasteiger partial charge in [-0.15, -0.1) is 0 Å². The fraction of sp³-hybridized carbons (Fsp3) is 0.286. The summed E-state index contributed by atoms with van der Waals surface area (Å²) >= 11 is 0. The van der Waals surface area contributed by atoms with Crippen LogP contribution in [0.2, 0.25) is 0 Å². The number of pyridine rings is 1. The molecule has 0 aliphatic carbocycles. The molecule has 0 unspecified atom stereocenters. The second-order valence-corrected chi connectivity index (χ2v) is 12.7. The van der Waals surface area contributed by atoms with Crippen molar-refractivity contribution in [1.82, 2.24) is 9.88 Å². The van der Waals surface area contributed by atoms with Gasteiger partial charge in [0.25, 0.3) is 15.9 Å². The third kappa shape index (κ3) is 9.69. The average Bonchev–Trinajstić information content (AvgIpc) is 3.14. The maximum absolute atomic E-state index is 13.9. The third-order valence-electron chi connectivity index (χ3n) is 7.57. The summed E-state index contributed by atoms with van der Waals surface area (Å²) in [6, 6.07) is 17.7. The molecule has 3 aromatic carbocycles. The number of nitrogens with zero attached hydrogens (tertiary/aromatic N) is 2. The van der Waals surface area contributed by atoms with Crippen molar-refractivity contribution in [3.63, 3.8) is 0 Å². The number of aromatic nitrogens is 1. The number of likely N-dealkylation sites (tertiary alicyclic amines) is 1. The monoisotopic (exact) mass is 724 g/mol. The number of para-hydroxylation sites is 3. The minimum atomic E-state index is -4.36. The molecule has 51 heavy (non-hydrogen) atoms. The molecule has 5 rings (SSSR count). The van der Waals surface area contributed by atoms with Gasteiger partial charge in [-0.3, -0.25) is 14.8 Å². The van der Waals surface area contributed by atoms with E-state index in [1.165, 1.54) is 62.9 Å². The van der Waals surface area contributed by atoms with E-state index in [1.54, 1.807) is 35.2 Å². The zero-order chi connectivity index (χ0) is 36.2. The Morgan fingerprint density at radius 3 is 2.27 bits per heavy atom. The van der Waals surface area contributed by atoms with Crippen molar-refractivity contribution in [2.75, 3.05) is 57.2 Å². The van der Waals surface area contributed by atoms with Crippen LogP contribution in [-0.4, -0.2) is 77.4 Å². The van der Waals surface area contributed by atoms with Crippen molar-refractivity contribution in [2.24, 2.45) is 0 Å². The highest BCUT2D eigenvalue weighted by atomic mass is 32.2. The summed E-state index contributed by atoms with van der Waals surface area (Å²) in [5.74, 6) is -0.312. The van der Waals surface area contributed by atoms with Crippen LogP contribution in [0.3, 0.4) is 0 Å². The number of ether oxygens (including phenoxy) is 6. The molecule has 0 saturated carbocycles. The fourth-order valence-electron chi connectivity index (χ4n) is 5.02. The van der Waals surface area contributed by atoms with Crippen molar-refractivity contribution >= 4 is 33.5 Å². The number of sulfonamides is 1. The second-order valence-electron chi connectivity index (χ2n) is 11.0. The maximum Gasteiger partial charge on any atom is 0.411 e. The van der Waals surface area contributed by atoms with Crippen molar-refractivity contribution in [2.45, 2.75) is 24.2 Å². The lowest BCUT2D eigenvalue weighted by Crippen LogP contribution is -2.38. The highest BCUT2D eigenvalue weighted by Crippen LogP contribution is 2.41. The summed E-state index contributed by atoms with van der Waals surface area (Å²) < 4.78 is 77.4. The highest BCUT2D eigenvalue weighted by Gasteiger charge is 2.25. The Morgan fingerprint density at radius 2 is 1.53 bits per heavy atom. The van der Waals surface area contributed by atoms with E-state index in [4.69, 9.17) is 28.4 Å². The van der Waals surface area contributed by atoms with Gasteiger partial charge in [-0.05, 0) is 55.7 Å². The van der Waals surface area contributed by atoms with Crippen molar-refractivity contribution in [3.05, 3.63) is 84.8 Å². The largest absolute Gasteiger partial charge is 0.493 e. The van der Waals surface area contributed by atoms with Gasteiger partial charge in [-0.1, -0.05) is 24.3 Å². The molecular formula is C35H37FN4O10S. The number of carbonyl (C=O) groups excluding carboxylic acids is 2. The molecule has 270 valence electrons. The summed E-state index contributed by atoms with van der Waals surface area (Å²) in [7, 11) is -1.51. The molecule has 14 nitrogen and oxygen atoms in total. The number of halogens is 1. The minimum absolute atomic E-state index is 0.0432. The van der Waals surface area contributed by atoms with Crippen LogP contribution in [0.5, 0.6) is 34.5 Å². The third-order valence-corrected chi connectivity index (χ3v) is 8.91. The van der Waals surface area contributed by atoms with Crippen LogP contribution in [0.1, 0.15) is 19.3 Å². The van der Waals surface area contributed by atoms with Gasteiger partial charge in [0.15, 0.2) is 41.2 Å². The normalized spacial score (nSPS) is 12.7. The van der Waals surface area contributed by atoms with Crippen molar-refractivity contribution < 1.29 is 50.8 Å². The summed E-state index contributed by atoms with van der Waals surface area (Å²) in [6.07, 6.45) is 3.28. The maximum atomic E-state index is 13.9. The van der Waals surface area contributed by atoms with E-state index >= 15 is 0 Å².